The minimum atomic E-state index is -0.631. The molecule has 0 aliphatic carbocycles. The summed E-state index contributed by atoms with van der Waals surface area (Å²) in [5, 5.41) is 6.19. The Bertz CT molecular complexity index is 604. The smallest absolute Gasteiger partial charge is 0.279 e. The number of hydrogen-bond donors (Lipinski definition) is 1. The van der Waals surface area contributed by atoms with Crippen molar-refractivity contribution in [2.75, 3.05) is 0 Å². The van der Waals surface area contributed by atoms with Crippen LogP contribution in [0.15, 0.2) is 23.0 Å². The fourth-order valence-electron chi connectivity index (χ4n) is 1.77. The number of aromatic nitrogens is 3. The zero-order valence-electron chi connectivity index (χ0n) is 9.91. The molecule has 0 unspecified atom stereocenters. The van der Waals surface area contributed by atoms with Crippen molar-refractivity contribution in [3.05, 3.63) is 51.7 Å². The minimum absolute atomic E-state index is 0.158. The normalized spacial score (nSPS) is 10.8. The fourth-order valence-corrected chi connectivity index (χ4v) is 1.77. The maximum absolute atomic E-state index is 13.5. The van der Waals surface area contributed by atoms with Crippen molar-refractivity contribution in [1.82, 2.24) is 14.8 Å². The molecule has 0 atom stereocenters. The Morgan fingerprint density at radius 3 is 2.83 bits per heavy atom. The van der Waals surface area contributed by atoms with Gasteiger partial charge in [0, 0.05) is 19.0 Å². The van der Waals surface area contributed by atoms with E-state index in [1.54, 1.807) is 0 Å². The standard InChI is InChI=1S/C12H13F2N3O/c1-2-5-17-11(15-16-12(17)18)6-8-3-4-9(13)7-10(8)14/h3-4,7H,2,5-6H2,1H3,(H,16,18). The van der Waals surface area contributed by atoms with E-state index in [2.05, 4.69) is 10.2 Å². The first kappa shape index (κ1) is 12.5. The lowest BCUT2D eigenvalue weighted by Crippen LogP contribution is -2.19. The maximum Gasteiger partial charge on any atom is 0.343 e. The maximum atomic E-state index is 13.5. The molecule has 0 aliphatic heterocycles. The van der Waals surface area contributed by atoms with Crippen LogP contribution >= 0.6 is 0 Å². The fraction of sp³-hybridized carbons (Fsp3) is 0.333. The van der Waals surface area contributed by atoms with Gasteiger partial charge in [-0.3, -0.25) is 4.57 Å². The number of hydrogen-bond acceptors (Lipinski definition) is 2. The third kappa shape index (κ3) is 2.47. The molecule has 1 N–H and O–H groups in total. The number of halogens is 2. The Labute approximate surface area is 102 Å². The quantitative estimate of drug-likeness (QED) is 0.904. The molecule has 4 nitrogen and oxygen atoms in total. The van der Waals surface area contributed by atoms with Crippen LogP contribution < -0.4 is 5.69 Å². The Kier molecular flexibility index (Phi) is 3.55. The molecule has 1 heterocycles. The van der Waals surface area contributed by atoms with Gasteiger partial charge in [-0.05, 0) is 18.1 Å². The van der Waals surface area contributed by atoms with Crippen molar-refractivity contribution in [1.29, 1.82) is 0 Å². The second-order valence-electron chi connectivity index (χ2n) is 4.01. The number of rotatable bonds is 4. The highest BCUT2D eigenvalue weighted by Gasteiger charge is 2.11. The van der Waals surface area contributed by atoms with Crippen molar-refractivity contribution in [3.8, 4) is 0 Å². The zero-order chi connectivity index (χ0) is 13.1. The Morgan fingerprint density at radius 1 is 1.39 bits per heavy atom. The summed E-state index contributed by atoms with van der Waals surface area (Å²) in [6.07, 6.45) is 0.934. The molecular weight excluding hydrogens is 240 g/mol. The lowest BCUT2D eigenvalue weighted by molar-refractivity contribution is 0.569. The predicted molar refractivity (Wildman–Crippen MR) is 62.3 cm³/mol. The molecule has 0 radical (unpaired) electrons. The summed E-state index contributed by atoms with van der Waals surface area (Å²) >= 11 is 0. The first-order chi connectivity index (χ1) is 8.61. The summed E-state index contributed by atoms with van der Waals surface area (Å²) < 4.78 is 27.7. The predicted octanol–water partition coefficient (Wildman–Crippen LogP) is 1.85. The molecule has 0 aliphatic rings. The number of H-pyrrole nitrogens is 1. The number of nitrogens with zero attached hydrogens (tertiary/aromatic N) is 2. The van der Waals surface area contributed by atoms with E-state index in [1.807, 2.05) is 6.92 Å². The second kappa shape index (κ2) is 5.12. The SMILES string of the molecule is CCCn1c(Cc2ccc(F)cc2F)n[nH]c1=O. The Hall–Kier alpha value is -1.98. The first-order valence-corrected chi connectivity index (χ1v) is 5.69. The lowest BCUT2D eigenvalue weighted by Gasteiger charge is -2.05. The van der Waals surface area contributed by atoms with Crippen LogP contribution in [0.5, 0.6) is 0 Å². The minimum Gasteiger partial charge on any atom is -0.279 e. The van der Waals surface area contributed by atoms with Crippen LogP contribution in [0.2, 0.25) is 0 Å². The van der Waals surface area contributed by atoms with E-state index < -0.39 is 11.6 Å². The van der Waals surface area contributed by atoms with Crippen LogP contribution in [-0.2, 0) is 13.0 Å². The third-order valence-electron chi connectivity index (χ3n) is 2.65. The molecule has 0 fully saturated rings. The molecule has 0 bridgehead atoms. The van der Waals surface area contributed by atoms with E-state index in [9.17, 15) is 13.6 Å². The second-order valence-corrected chi connectivity index (χ2v) is 4.01. The third-order valence-corrected chi connectivity index (χ3v) is 2.65. The Balaban J connectivity index is 2.31. The van der Waals surface area contributed by atoms with Crippen molar-refractivity contribution in [2.24, 2.45) is 0 Å². The molecule has 6 heteroatoms. The van der Waals surface area contributed by atoms with E-state index in [1.165, 1.54) is 16.7 Å². The molecule has 0 amide bonds. The first-order valence-electron chi connectivity index (χ1n) is 5.69. The van der Waals surface area contributed by atoms with Gasteiger partial charge in [-0.1, -0.05) is 13.0 Å². The largest absolute Gasteiger partial charge is 0.343 e. The lowest BCUT2D eigenvalue weighted by atomic mass is 10.1. The molecule has 96 valence electrons. The molecule has 1 aromatic carbocycles. The van der Waals surface area contributed by atoms with Crippen molar-refractivity contribution in [3.63, 3.8) is 0 Å². The van der Waals surface area contributed by atoms with Crippen molar-refractivity contribution >= 4 is 0 Å². The summed E-state index contributed by atoms with van der Waals surface area (Å²) in [6.45, 7) is 2.45. The topological polar surface area (TPSA) is 50.7 Å². The van der Waals surface area contributed by atoms with Gasteiger partial charge in [-0.15, -0.1) is 0 Å². The van der Waals surface area contributed by atoms with Gasteiger partial charge in [0.15, 0.2) is 0 Å². The van der Waals surface area contributed by atoms with Crippen molar-refractivity contribution in [2.45, 2.75) is 26.3 Å². The molecular formula is C12H13F2N3O. The summed E-state index contributed by atoms with van der Waals surface area (Å²) in [5.41, 5.74) is 0.00197. The summed E-state index contributed by atoms with van der Waals surface area (Å²) in [5.74, 6) is -0.801. The highest BCUT2D eigenvalue weighted by atomic mass is 19.1. The van der Waals surface area contributed by atoms with Crippen LogP contribution in [0.3, 0.4) is 0 Å². The van der Waals surface area contributed by atoms with Crippen molar-refractivity contribution < 1.29 is 8.78 Å². The Morgan fingerprint density at radius 2 is 2.17 bits per heavy atom. The van der Waals surface area contributed by atoms with Crippen LogP contribution in [0, 0.1) is 11.6 Å². The van der Waals surface area contributed by atoms with Gasteiger partial charge >= 0.3 is 5.69 Å². The molecule has 2 aromatic rings. The average Bonchev–Trinajstić information content (AvgIpc) is 2.66. The molecule has 0 saturated carbocycles. The van der Waals surface area contributed by atoms with Gasteiger partial charge in [0.2, 0.25) is 0 Å². The van der Waals surface area contributed by atoms with Crippen LogP contribution in [0.25, 0.3) is 0 Å². The summed E-state index contributed by atoms with van der Waals surface area (Å²) in [6, 6.07) is 3.37. The van der Waals surface area contributed by atoms with Gasteiger partial charge in [0.05, 0.1) is 0 Å². The van der Waals surface area contributed by atoms with Crippen LogP contribution in [0.4, 0.5) is 8.78 Å². The summed E-state index contributed by atoms with van der Waals surface area (Å²) in [7, 11) is 0. The van der Waals surface area contributed by atoms with Gasteiger partial charge < -0.3 is 0 Å². The zero-order valence-corrected chi connectivity index (χ0v) is 9.91. The average molecular weight is 253 g/mol. The van der Waals surface area contributed by atoms with Crippen LogP contribution in [-0.4, -0.2) is 14.8 Å². The van der Waals surface area contributed by atoms with E-state index in [0.717, 1.165) is 12.5 Å². The van der Waals surface area contributed by atoms with E-state index in [-0.39, 0.29) is 12.1 Å². The van der Waals surface area contributed by atoms with Crippen LogP contribution in [0.1, 0.15) is 24.7 Å². The number of nitrogens with one attached hydrogen (secondary N) is 1. The highest BCUT2D eigenvalue weighted by Crippen LogP contribution is 2.13. The number of aromatic amines is 1. The molecule has 2 rings (SSSR count). The van der Waals surface area contributed by atoms with E-state index in [0.29, 0.717) is 17.9 Å². The number of benzene rings is 1. The van der Waals surface area contributed by atoms with Gasteiger partial charge in [0.1, 0.15) is 17.5 Å². The molecule has 0 spiro atoms. The molecule has 18 heavy (non-hydrogen) atoms. The van der Waals surface area contributed by atoms with E-state index in [4.69, 9.17) is 0 Å². The van der Waals surface area contributed by atoms with Gasteiger partial charge in [-0.2, -0.15) is 5.10 Å². The van der Waals surface area contributed by atoms with Gasteiger partial charge in [0.25, 0.3) is 0 Å². The highest BCUT2D eigenvalue weighted by molar-refractivity contribution is 5.21. The monoisotopic (exact) mass is 253 g/mol. The molecule has 0 saturated heterocycles. The molecule has 1 aromatic heterocycles. The summed E-state index contributed by atoms with van der Waals surface area (Å²) in [4.78, 5) is 11.5. The van der Waals surface area contributed by atoms with E-state index >= 15 is 0 Å². The van der Waals surface area contributed by atoms with Gasteiger partial charge in [-0.25, -0.2) is 18.7 Å².